The average molecular weight is 789 g/mol. The first kappa shape index (κ1) is 47.0. The molecule has 3 aliphatic carbocycles. The van der Waals surface area contributed by atoms with E-state index < -0.39 is 30.9 Å². The molecular formula is C47H80O9. The van der Waals surface area contributed by atoms with Crippen LogP contribution in [0.25, 0.3) is 0 Å². The molecule has 0 spiro atoms. The Hall–Kier alpha value is -1.72. The molecule has 1 saturated carbocycles. The van der Waals surface area contributed by atoms with Gasteiger partial charge in [0.05, 0.1) is 50.5 Å². The number of hydrogen-bond donors (Lipinski definition) is 3. The highest BCUT2D eigenvalue weighted by atomic mass is 16.7. The number of aliphatic hydroxyl groups excluding tert-OH is 3. The molecule has 0 aromatic carbocycles. The minimum atomic E-state index is -0.827. The fraction of sp³-hybridized carbons (Fsp3) is 0.830. The molecule has 13 unspecified atom stereocenters. The molecule has 2 saturated heterocycles. The molecule has 2 heterocycles. The Balaban J connectivity index is 0.00000342. The minimum Gasteiger partial charge on any atom is -0.501 e. The highest BCUT2D eigenvalue weighted by Gasteiger charge is 2.56. The van der Waals surface area contributed by atoms with E-state index in [1.165, 1.54) is 11.1 Å². The molecule has 322 valence electrons. The zero-order chi connectivity index (χ0) is 41.5. The van der Waals surface area contributed by atoms with Crippen LogP contribution in [0.1, 0.15) is 140 Å². The van der Waals surface area contributed by atoms with Crippen LogP contribution in [0.15, 0.2) is 47.0 Å². The van der Waals surface area contributed by atoms with Gasteiger partial charge >= 0.3 is 0 Å². The molecule has 0 radical (unpaired) electrons. The molecule has 0 aromatic rings. The van der Waals surface area contributed by atoms with E-state index in [0.29, 0.717) is 30.6 Å². The number of hydrogen-bond acceptors (Lipinski definition) is 9. The molecule has 5 rings (SSSR count). The second kappa shape index (κ2) is 20.5. The molecule has 0 amide bonds. The van der Waals surface area contributed by atoms with Crippen LogP contribution in [0, 0.1) is 40.4 Å². The van der Waals surface area contributed by atoms with E-state index in [-0.39, 0.29) is 53.5 Å². The molecule has 56 heavy (non-hydrogen) atoms. The van der Waals surface area contributed by atoms with Crippen molar-refractivity contribution < 1.29 is 43.7 Å². The standard InChI is InChI=1S/C45H74O9.C2H6/c1-12-44(8)33(15-13-26(2)52-43-40(48)25-39(47)30(6)53-43)16-19-36-29(5)45(9,22-21-37(36)44)41(31(7)54-42-38(46)20-14-27(3)51-42)28(4)32-23-34(49-10)17-18-35(24-32)50-11;1-2/h16-18,23,26-31,36-43,46-48H,12-15,19-22,24-25H2,1-11H3;1-2H3/t26?,27-,28?,29?,30-,31?,36?,37?,38?,39-,40?,41?,42?,43?,44?,45?;/m0./s1. The molecule has 0 aromatic heterocycles. The first-order chi connectivity index (χ1) is 26.6. The molecule has 16 atom stereocenters. The Morgan fingerprint density at radius 3 is 2.23 bits per heavy atom. The summed E-state index contributed by atoms with van der Waals surface area (Å²) in [6, 6.07) is 0. The van der Waals surface area contributed by atoms with Gasteiger partial charge in [-0.15, -0.1) is 0 Å². The Morgan fingerprint density at radius 1 is 0.875 bits per heavy atom. The Bertz CT molecular complexity index is 1370. The van der Waals surface area contributed by atoms with Gasteiger partial charge < -0.3 is 43.7 Å². The normalized spacial score (nSPS) is 39.8. The monoisotopic (exact) mass is 789 g/mol. The third kappa shape index (κ3) is 10.3. The number of ether oxygens (including phenoxy) is 6. The summed E-state index contributed by atoms with van der Waals surface area (Å²) < 4.78 is 36.7. The third-order valence-corrected chi connectivity index (χ3v) is 14.9. The third-order valence-electron chi connectivity index (χ3n) is 14.9. The van der Waals surface area contributed by atoms with Crippen molar-refractivity contribution in [1.82, 2.24) is 0 Å². The van der Waals surface area contributed by atoms with Crippen molar-refractivity contribution in [3.8, 4) is 0 Å². The van der Waals surface area contributed by atoms with Crippen molar-refractivity contribution in [1.29, 1.82) is 0 Å². The van der Waals surface area contributed by atoms with Gasteiger partial charge in [0.25, 0.3) is 0 Å². The van der Waals surface area contributed by atoms with E-state index in [1.54, 1.807) is 14.2 Å². The summed E-state index contributed by atoms with van der Waals surface area (Å²) in [4.78, 5) is 0. The van der Waals surface area contributed by atoms with Crippen LogP contribution in [0.2, 0.25) is 0 Å². The van der Waals surface area contributed by atoms with E-state index in [0.717, 1.165) is 56.5 Å². The fourth-order valence-electron chi connectivity index (χ4n) is 11.1. The summed E-state index contributed by atoms with van der Waals surface area (Å²) in [6.07, 6.45) is 13.3. The van der Waals surface area contributed by atoms with Crippen molar-refractivity contribution in [3.05, 3.63) is 47.0 Å². The highest BCUT2D eigenvalue weighted by Crippen LogP contribution is 2.63. The van der Waals surface area contributed by atoms with Crippen molar-refractivity contribution in [3.63, 3.8) is 0 Å². The Labute approximate surface area is 340 Å². The molecule has 0 bridgehead atoms. The van der Waals surface area contributed by atoms with Gasteiger partial charge in [-0.2, -0.15) is 0 Å². The SMILES string of the molecule is CC.CCC1(C)C(CCC(C)OC2O[C@@H](C)[C@@H](O)CC2O)=CCC2C1CCC(C)(C(C(C)OC1O[C@@H](C)CCC1O)C(C)C1=CC(OC)=CC=C(OC)C1)C2C. The second-order valence-electron chi connectivity index (χ2n) is 18.0. The molecule has 2 aliphatic heterocycles. The first-order valence-electron chi connectivity index (χ1n) is 22.1. The molecule has 3 fully saturated rings. The smallest absolute Gasteiger partial charge is 0.184 e. The van der Waals surface area contributed by atoms with Gasteiger partial charge in [-0.1, -0.05) is 65.7 Å². The van der Waals surface area contributed by atoms with Crippen LogP contribution < -0.4 is 0 Å². The molecule has 3 N–H and O–H groups in total. The maximum absolute atomic E-state index is 11.0. The van der Waals surface area contributed by atoms with Crippen LogP contribution in [0.4, 0.5) is 0 Å². The lowest BCUT2D eigenvalue weighted by molar-refractivity contribution is -0.273. The van der Waals surface area contributed by atoms with Crippen LogP contribution in [0.3, 0.4) is 0 Å². The quantitative estimate of drug-likeness (QED) is 0.148. The van der Waals surface area contributed by atoms with E-state index in [4.69, 9.17) is 28.4 Å². The van der Waals surface area contributed by atoms with Crippen molar-refractivity contribution in [2.75, 3.05) is 14.2 Å². The first-order valence-corrected chi connectivity index (χ1v) is 22.1. The summed E-state index contributed by atoms with van der Waals surface area (Å²) in [6.45, 7) is 24.4. The van der Waals surface area contributed by atoms with Crippen molar-refractivity contribution >= 4 is 0 Å². The van der Waals surface area contributed by atoms with E-state index in [1.807, 2.05) is 32.9 Å². The van der Waals surface area contributed by atoms with Crippen molar-refractivity contribution in [2.45, 2.75) is 196 Å². The fourth-order valence-corrected chi connectivity index (χ4v) is 11.1. The van der Waals surface area contributed by atoms with Gasteiger partial charge in [0, 0.05) is 12.8 Å². The topological polar surface area (TPSA) is 116 Å². The molecule has 9 nitrogen and oxygen atoms in total. The summed E-state index contributed by atoms with van der Waals surface area (Å²) in [5.74, 6) is 3.51. The van der Waals surface area contributed by atoms with Crippen LogP contribution >= 0.6 is 0 Å². The van der Waals surface area contributed by atoms with Gasteiger partial charge in [0.15, 0.2) is 12.6 Å². The van der Waals surface area contributed by atoms with Crippen LogP contribution in [-0.4, -0.2) is 84.8 Å². The lowest BCUT2D eigenvalue weighted by Crippen LogP contribution is -2.55. The van der Waals surface area contributed by atoms with Gasteiger partial charge in [0.2, 0.25) is 0 Å². The van der Waals surface area contributed by atoms with Gasteiger partial charge in [-0.05, 0) is 138 Å². The number of fused-ring (bicyclic) bond motifs is 1. The minimum absolute atomic E-state index is 0.0502. The Kier molecular flexibility index (Phi) is 17.2. The summed E-state index contributed by atoms with van der Waals surface area (Å²) >= 11 is 0. The predicted octanol–water partition coefficient (Wildman–Crippen LogP) is 9.40. The van der Waals surface area contributed by atoms with Gasteiger partial charge in [-0.25, -0.2) is 0 Å². The van der Waals surface area contributed by atoms with Gasteiger partial charge in [-0.3, -0.25) is 0 Å². The van der Waals surface area contributed by atoms with E-state index in [9.17, 15) is 15.3 Å². The number of allylic oxidation sites excluding steroid dienone is 6. The summed E-state index contributed by atoms with van der Waals surface area (Å²) in [5.41, 5.74) is 2.82. The number of aliphatic hydroxyl groups is 3. The summed E-state index contributed by atoms with van der Waals surface area (Å²) in [5, 5.41) is 31.6. The molecular weight excluding hydrogens is 709 g/mol. The Morgan fingerprint density at radius 2 is 1.57 bits per heavy atom. The van der Waals surface area contributed by atoms with E-state index >= 15 is 0 Å². The molecule has 5 aliphatic rings. The molecule has 9 heteroatoms. The zero-order valence-electron chi connectivity index (χ0n) is 37.3. The predicted molar refractivity (Wildman–Crippen MR) is 222 cm³/mol. The zero-order valence-corrected chi connectivity index (χ0v) is 37.3. The average Bonchev–Trinajstić information content (AvgIpc) is 3.40. The number of rotatable bonds is 14. The lowest BCUT2D eigenvalue weighted by Gasteiger charge is -2.60. The number of methoxy groups -OCH3 is 2. The largest absolute Gasteiger partial charge is 0.501 e. The maximum atomic E-state index is 11.0. The second-order valence-corrected chi connectivity index (χ2v) is 18.0. The van der Waals surface area contributed by atoms with Crippen LogP contribution in [-0.2, 0) is 28.4 Å². The lowest BCUT2D eigenvalue weighted by atomic mass is 9.45. The summed E-state index contributed by atoms with van der Waals surface area (Å²) in [7, 11) is 3.46. The highest BCUT2D eigenvalue weighted by molar-refractivity contribution is 5.32. The van der Waals surface area contributed by atoms with E-state index in [2.05, 4.69) is 67.5 Å². The van der Waals surface area contributed by atoms with Crippen LogP contribution in [0.5, 0.6) is 0 Å². The van der Waals surface area contributed by atoms with Crippen molar-refractivity contribution in [2.24, 2.45) is 40.4 Å². The maximum Gasteiger partial charge on any atom is 0.184 e. The van der Waals surface area contributed by atoms with Gasteiger partial charge in [0.1, 0.15) is 18.0 Å².